The molecule has 20 heavy (non-hydrogen) atoms. The van der Waals surface area contributed by atoms with Crippen molar-refractivity contribution in [2.24, 2.45) is 5.41 Å². The van der Waals surface area contributed by atoms with E-state index in [4.69, 9.17) is 9.47 Å². The van der Waals surface area contributed by atoms with Gasteiger partial charge in [-0.15, -0.1) is 0 Å². The number of carbonyl (C=O) groups excluding carboxylic acids is 2. The Hall–Kier alpha value is -1.84. The number of hydrogen-bond donors (Lipinski definition) is 0. The standard InChI is InChI=1S/C16H20O4/c1-9-7-12-13(10(2)16(6,8-17)20-12)15(4,5)14(9)19-11(3)18/h7-8H,1-6H3. The molecule has 1 atom stereocenters. The number of hydrogen-bond acceptors (Lipinski definition) is 4. The molecule has 0 radical (unpaired) electrons. The highest BCUT2D eigenvalue weighted by Gasteiger charge is 2.48. The fourth-order valence-corrected chi connectivity index (χ4v) is 3.00. The molecule has 1 unspecified atom stereocenters. The number of carbonyl (C=O) groups is 2. The zero-order valence-corrected chi connectivity index (χ0v) is 12.8. The Morgan fingerprint density at radius 2 is 1.90 bits per heavy atom. The zero-order chi connectivity index (χ0) is 15.3. The third kappa shape index (κ3) is 1.90. The molecule has 1 heterocycles. The maximum absolute atomic E-state index is 11.3. The molecule has 1 aliphatic carbocycles. The monoisotopic (exact) mass is 276 g/mol. The average molecular weight is 276 g/mol. The number of rotatable bonds is 2. The minimum atomic E-state index is -0.940. The average Bonchev–Trinajstić information content (AvgIpc) is 2.58. The molecule has 0 aromatic carbocycles. The van der Waals surface area contributed by atoms with Gasteiger partial charge >= 0.3 is 5.97 Å². The molecule has 0 aromatic heterocycles. The van der Waals surface area contributed by atoms with Gasteiger partial charge in [0.15, 0.2) is 11.9 Å². The Morgan fingerprint density at radius 1 is 1.30 bits per heavy atom. The highest BCUT2D eigenvalue weighted by Crippen LogP contribution is 2.52. The molecule has 1 aliphatic heterocycles. The zero-order valence-electron chi connectivity index (χ0n) is 12.8. The number of ether oxygens (including phenoxy) is 2. The van der Waals surface area contributed by atoms with Gasteiger partial charge in [0.25, 0.3) is 0 Å². The fourth-order valence-electron chi connectivity index (χ4n) is 3.00. The molecular weight excluding hydrogens is 256 g/mol. The van der Waals surface area contributed by atoms with Crippen LogP contribution in [0.4, 0.5) is 0 Å². The van der Waals surface area contributed by atoms with Crippen LogP contribution in [-0.4, -0.2) is 17.9 Å². The first-order valence-corrected chi connectivity index (χ1v) is 6.62. The highest BCUT2D eigenvalue weighted by molar-refractivity contribution is 5.74. The summed E-state index contributed by atoms with van der Waals surface area (Å²) >= 11 is 0. The first-order chi connectivity index (χ1) is 9.13. The highest BCUT2D eigenvalue weighted by atomic mass is 16.5. The molecule has 0 fully saturated rings. The summed E-state index contributed by atoms with van der Waals surface area (Å²) in [4.78, 5) is 22.7. The van der Waals surface area contributed by atoms with Crippen LogP contribution in [0.25, 0.3) is 0 Å². The molecule has 0 amide bonds. The summed E-state index contributed by atoms with van der Waals surface area (Å²) in [6.45, 7) is 10.8. The summed E-state index contributed by atoms with van der Waals surface area (Å²) in [7, 11) is 0. The van der Waals surface area contributed by atoms with Crippen molar-refractivity contribution in [3.63, 3.8) is 0 Å². The minimum Gasteiger partial charge on any atom is -0.475 e. The molecule has 108 valence electrons. The molecule has 2 rings (SSSR count). The molecule has 0 saturated heterocycles. The molecule has 0 spiro atoms. The van der Waals surface area contributed by atoms with E-state index in [9.17, 15) is 9.59 Å². The van der Waals surface area contributed by atoms with Crippen molar-refractivity contribution in [1.29, 1.82) is 0 Å². The van der Waals surface area contributed by atoms with Gasteiger partial charge < -0.3 is 9.47 Å². The molecule has 0 bridgehead atoms. The smallest absolute Gasteiger partial charge is 0.307 e. The van der Waals surface area contributed by atoms with Gasteiger partial charge in [-0.2, -0.15) is 0 Å². The van der Waals surface area contributed by atoms with E-state index >= 15 is 0 Å². The molecule has 4 heteroatoms. The summed E-state index contributed by atoms with van der Waals surface area (Å²) in [5.74, 6) is 0.956. The van der Waals surface area contributed by atoms with Crippen molar-refractivity contribution in [2.75, 3.05) is 0 Å². The Bertz CT molecular complexity index is 590. The summed E-state index contributed by atoms with van der Waals surface area (Å²) < 4.78 is 11.2. The van der Waals surface area contributed by atoms with Crippen LogP contribution in [0.1, 0.15) is 41.5 Å². The third-order valence-electron chi connectivity index (χ3n) is 4.06. The lowest BCUT2D eigenvalue weighted by Crippen LogP contribution is -2.28. The lowest BCUT2D eigenvalue weighted by Gasteiger charge is -2.33. The predicted octanol–water partition coefficient (Wildman–Crippen LogP) is 3.05. The number of esters is 1. The van der Waals surface area contributed by atoms with Gasteiger partial charge in [0.05, 0.1) is 5.41 Å². The van der Waals surface area contributed by atoms with Crippen molar-refractivity contribution < 1.29 is 19.1 Å². The van der Waals surface area contributed by atoms with E-state index in [0.717, 1.165) is 23.0 Å². The van der Waals surface area contributed by atoms with Gasteiger partial charge in [0, 0.05) is 12.5 Å². The fraction of sp³-hybridized carbons (Fsp3) is 0.500. The van der Waals surface area contributed by atoms with Gasteiger partial charge in [0.1, 0.15) is 11.5 Å². The van der Waals surface area contributed by atoms with E-state index in [1.165, 1.54) is 6.92 Å². The number of fused-ring (bicyclic) bond motifs is 1. The van der Waals surface area contributed by atoms with E-state index in [2.05, 4.69) is 0 Å². The summed E-state index contributed by atoms with van der Waals surface area (Å²) in [6, 6.07) is 0. The van der Waals surface area contributed by atoms with Crippen LogP contribution >= 0.6 is 0 Å². The number of aldehydes is 1. The van der Waals surface area contributed by atoms with Crippen LogP contribution in [0.5, 0.6) is 0 Å². The van der Waals surface area contributed by atoms with E-state index in [1.807, 2.05) is 33.8 Å². The lowest BCUT2D eigenvalue weighted by molar-refractivity contribution is -0.138. The summed E-state index contributed by atoms with van der Waals surface area (Å²) in [5.41, 5.74) is 1.18. The molecule has 2 aliphatic rings. The second-order valence-corrected chi connectivity index (χ2v) is 6.07. The molecular formula is C16H20O4. The van der Waals surface area contributed by atoms with Crippen molar-refractivity contribution >= 4 is 12.3 Å². The topological polar surface area (TPSA) is 52.6 Å². The van der Waals surface area contributed by atoms with Gasteiger partial charge in [-0.3, -0.25) is 9.59 Å². The quantitative estimate of drug-likeness (QED) is 0.574. The van der Waals surface area contributed by atoms with Gasteiger partial charge in [-0.05, 0) is 51.8 Å². The lowest BCUT2D eigenvalue weighted by atomic mass is 9.73. The van der Waals surface area contributed by atoms with Crippen LogP contribution < -0.4 is 0 Å². The summed E-state index contributed by atoms with van der Waals surface area (Å²) in [5, 5.41) is 0. The summed E-state index contributed by atoms with van der Waals surface area (Å²) in [6.07, 6.45) is 2.64. The van der Waals surface area contributed by atoms with E-state index in [-0.39, 0.29) is 5.97 Å². The molecule has 4 nitrogen and oxygen atoms in total. The van der Waals surface area contributed by atoms with Gasteiger partial charge in [-0.25, -0.2) is 0 Å². The van der Waals surface area contributed by atoms with Crippen molar-refractivity contribution in [2.45, 2.75) is 47.1 Å². The van der Waals surface area contributed by atoms with Crippen LogP contribution in [-0.2, 0) is 19.1 Å². The largest absolute Gasteiger partial charge is 0.475 e. The maximum Gasteiger partial charge on any atom is 0.307 e. The Kier molecular flexibility index (Phi) is 3.16. The first-order valence-electron chi connectivity index (χ1n) is 6.62. The van der Waals surface area contributed by atoms with Crippen molar-refractivity contribution in [3.05, 3.63) is 34.3 Å². The first kappa shape index (κ1) is 14.6. The molecule has 0 saturated carbocycles. The van der Waals surface area contributed by atoms with E-state index in [1.54, 1.807) is 6.92 Å². The third-order valence-corrected chi connectivity index (χ3v) is 4.06. The van der Waals surface area contributed by atoms with Gasteiger partial charge in [-0.1, -0.05) is 0 Å². The van der Waals surface area contributed by atoms with Gasteiger partial charge in [0.2, 0.25) is 0 Å². The number of allylic oxidation sites excluding steroid dienone is 4. The molecule has 0 aromatic rings. The molecule has 0 N–H and O–H groups in total. The second kappa shape index (κ2) is 4.33. The maximum atomic E-state index is 11.3. The van der Waals surface area contributed by atoms with Crippen LogP contribution in [0.3, 0.4) is 0 Å². The van der Waals surface area contributed by atoms with E-state index in [0.29, 0.717) is 11.5 Å². The minimum absolute atomic E-state index is 0.348. The van der Waals surface area contributed by atoms with Crippen LogP contribution in [0.15, 0.2) is 34.3 Å². The van der Waals surface area contributed by atoms with Crippen LogP contribution in [0.2, 0.25) is 0 Å². The van der Waals surface area contributed by atoms with Crippen molar-refractivity contribution in [3.8, 4) is 0 Å². The Labute approximate surface area is 119 Å². The second-order valence-electron chi connectivity index (χ2n) is 6.07. The Morgan fingerprint density at radius 3 is 2.40 bits per heavy atom. The van der Waals surface area contributed by atoms with E-state index < -0.39 is 11.0 Å². The van der Waals surface area contributed by atoms with Crippen LogP contribution in [0, 0.1) is 5.41 Å². The SMILES string of the molecule is CC(=O)OC1=C(C)C=C2OC(C)(C=O)C(C)=C2C1(C)C. The normalized spacial score (nSPS) is 27.8. The Balaban J connectivity index is 2.63. The predicted molar refractivity (Wildman–Crippen MR) is 74.6 cm³/mol. The van der Waals surface area contributed by atoms with Crippen molar-refractivity contribution in [1.82, 2.24) is 0 Å².